The third-order valence-electron chi connectivity index (χ3n) is 2.07. The molecule has 0 saturated heterocycles. The smallest absolute Gasteiger partial charge is 0.421 e. The molecule has 0 spiro atoms. The van der Waals surface area contributed by atoms with Gasteiger partial charge in [0.25, 0.3) is 0 Å². The molecule has 3 nitrogen and oxygen atoms in total. The molecule has 0 saturated carbocycles. The summed E-state index contributed by atoms with van der Waals surface area (Å²) in [6.07, 6.45) is -2.84. The number of carbonyl (C=O) groups is 1. The molecule has 1 rings (SSSR count). The number of rotatable bonds is 1. The van der Waals surface area contributed by atoms with Crippen molar-refractivity contribution in [3.05, 3.63) is 23.8 Å². The normalized spacial score (nSPS) is 26.1. The van der Waals surface area contributed by atoms with Gasteiger partial charge in [0.2, 0.25) is 0 Å². The summed E-state index contributed by atoms with van der Waals surface area (Å²) in [6, 6.07) is 0. The number of carbonyl (C=O) groups excluding carboxylic acids is 1. The van der Waals surface area contributed by atoms with E-state index >= 15 is 0 Å². The van der Waals surface area contributed by atoms with Gasteiger partial charge < -0.3 is 9.84 Å². The van der Waals surface area contributed by atoms with Crippen molar-refractivity contribution in [2.75, 3.05) is 7.11 Å². The first-order chi connectivity index (χ1) is 6.80. The Labute approximate surface area is 83.8 Å². The number of ether oxygens (including phenoxy) is 1. The fourth-order valence-electron chi connectivity index (χ4n) is 1.20. The van der Waals surface area contributed by atoms with Crippen molar-refractivity contribution in [1.82, 2.24) is 0 Å². The van der Waals surface area contributed by atoms with Gasteiger partial charge in [-0.15, -0.1) is 0 Å². The van der Waals surface area contributed by atoms with Gasteiger partial charge in [0.05, 0.1) is 7.11 Å². The van der Waals surface area contributed by atoms with E-state index in [4.69, 9.17) is 0 Å². The maximum atomic E-state index is 12.4. The van der Waals surface area contributed by atoms with E-state index in [1.165, 1.54) is 6.08 Å². The molecule has 1 unspecified atom stereocenters. The average Bonchev–Trinajstić information content (AvgIpc) is 2.15. The Hall–Kier alpha value is -1.30. The fraction of sp³-hybridized carbons (Fsp3) is 0.444. The van der Waals surface area contributed by atoms with Crippen LogP contribution in [0.5, 0.6) is 0 Å². The van der Waals surface area contributed by atoms with E-state index in [0.29, 0.717) is 6.08 Å². The number of hydrogen-bond donors (Lipinski definition) is 1. The van der Waals surface area contributed by atoms with Gasteiger partial charge in [0.15, 0.2) is 5.60 Å². The van der Waals surface area contributed by atoms with E-state index in [1.54, 1.807) is 0 Å². The van der Waals surface area contributed by atoms with Crippen LogP contribution in [-0.4, -0.2) is 30.0 Å². The molecule has 1 atom stereocenters. The highest BCUT2D eigenvalue weighted by Gasteiger charge is 2.53. The van der Waals surface area contributed by atoms with Crippen LogP contribution in [0.1, 0.15) is 6.42 Å². The molecule has 15 heavy (non-hydrogen) atoms. The Morgan fingerprint density at radius 2 is 2.20 bits per heavy atom. The largest absolute Gasteiger partial charge is 0.466 e. The van der Waals surface area contributed by atoms with Crippen molar-refractivity contribution in [1.29, 1.82) is 0 Å². The number of methoxy groups -OCH3 is 1. The minimum atomic E-state index is -4.81. The van der Waals surface area contributed by atoms with Crippen molar-refractivity contribution in [2.24, 2.45) is 0 Å². The van der Waals surface area contributed by atoms with Crippen LogP contribution in [0.3, 0.4) is 0 Å². The summed E-state index contributed by atoms with van der Waals surface area (Å²) in [7, 11) is 1.06. The van der Waals surface area contributed by atoms with E-state index in [2.05, 4.69) is 4.74 Å². The minimum absolute atomic E-state index is 0.208. The highest BCUT2D eigenvalue weighted by Crippen LogP contribution is 2.38. The van der Waals surface area contributed by atoms with E-state index in [1.807, 2.05) is 0 Å². The van der Waals surface area contributed by atoms with Gasteiger partial charge >= 0.3 is 12.1 Å². The Morgan fingerprint density at radius 1 is 1.60 bits per heavy atom. The van der Waals surface area contributed by atoms with Crippen LogP contribution < -0.4 is 0 Å². The Kier molecular flexibility index (Phi) is 2.90. The maximum Gasteiger partial charge on any atom is 0.421 e. The van der Waals surface area contributed by atoms with Crippen molar-refractivity contribution in [3.8, 4) is 0 Å². The number of esters is 1. The number of aliphatic hydroxyl groups is 1. The second-order valence-corrected chi connectivity index (χ2v) is 3.14. The molecule has 6 heteroatoms. The van der Waals surface area contributed by atoms with Gasteiger partial charge in [-0.3, -0.25) is 0 Å². The number of allylic oxidation sites excluding steroid dienone is 2. The summed E-state index contributed by atoms with van der Waals surface area (Å²) in [5.41, 5.74) is -3.19. The van der Waals surface area contributed by atoms with Crippen LogP contribution in [0.4, 0.5) is 13.2 Å². The van der Waals surface area contributed by atoms with Crippen LogP contribution in [0.25, 0.3) is 0 Å². The summed E-state index contributed by atoms with van der Waals surface area (Å²) in [6.45, 7) is 0. The van der Waals surface area contributed by atoms with Crippen molar-refractivity contribution >= 4 is 5.97 Å². The molecule has 0 aromatic carbocycles. The van der Waals surface area contributed by atoms with Crippen molar-refractivity contribution in [2.45, 2.75) is 18.2 Å². The first-order valence-electron chi connectivity index (χ1n) is 4.06. The summed E-state index contributed by atoms with van der Waals surface area (Å²) >= 11 is 0. The highest BCUT2D eigenvalue weighted by molar-refractivity contribution is 5.89. The fourth-order valence-corrected chi connectivity index (χ4v) is 1.20. The molecule has 84 valence electrons. The Bertz CT molecular complexity index is 330. The quantitative estimate of drug-likeness (QED) is 0.681. The topological polar surface area (TPSA) is 46.5 Å². The molecule has 0 bridgehead atoms. The van der Waals surface area contributed by atoms with E-state index in [9.17, 15) is 23.1 Å². The molecule has 1 N–H and O–H groups in total. The molecule has 0 heterocycles. The molecule has 0 aromatic rings. The Balaban J connectivity index is 2.93. The second kappa shape index (κ2) is 3.69. The third-order valence-corrected chi connectivity index (χ3v) is 2.07. The predicted molar refractivity (Wildman–Crippen MR) is 44.9 cm³/mol. The molecule has 0 radical (unpaired) electrons. The summed E-state index contributed by atoms with van der Waals surface area (Å²) in [5.74, 6) is -0.873. The molecule has 1 aliphatic rings. The molecular formula is C9H9F3O3. The molecule has 0 aromatic heterocycles. The maximum absolute atomic E-state index is 12.4. The zero-order chi connectivity index (χ0) is 11.7. The molecule has 1 aliphatic carbocycles. The van der Waals surface area contributed by atoms with Gasteiger partial charge in [0, 0.05) is 12.0 Å². The van der Waals surface area contributed by atoms with Gasteiger partial charge in [-0.05, 0) is 6.08 Å². The minimum Gasteiger partial charge on any atom is -0.466 e. The molecule has 0 fully saturated rings. The van der Waals surface area contributed by atoms with Crippen LogP contribution in [0, 0.1) is 0 Å². The first kappa shape index (κ1) is 11.8. The summed E-state index contributed by atoms with van der Waals surface area (Å²) in [4.78, 5) is 11.0. The zero-order valence-electron chi connectivity index (χ0n) is 7.84. The first-order valence-corrected chi connectivity index (χ1v) is 4.06. The number of hydrogen-bond acceptors (Lipinski definition) is 3. The van der Waals surface area contributed by atoms with Gasteiger partial charge in [-0.25, -0.2) is 4.79 Å². The highest BCUT2D eigenvalue weighted by atomic mass is 19.4. The molecular weight excluding hydrogens is 213 g/mol. The van der Waals surface area contributed by atoms with Crippen LogP contribution in [0.15, 0.2) is 23.8 Å². The van der Waals surface area contributed by atoms with Crippen LogP contribution in [-0.2, 0) is 9.53 Å². The van der Waals surface area contributed by atoms with Gasteiger partial charge in [0.1, 0.15) is 0 Å². The summed E-state index contributed by atoms with van der Waals surface area (Å²) in [5, 5.41) is 9.26. The van der Waals surface area contributed by atoms with Crippen molar-refractivity contribution in [3.63, 3.8) is 0 Å². The monoisotopic (exact) mass is 222 g/mol. The predicted octanol–water partition coefficient (Wildman–Crippen LogP) is 1.34. The lowest BCUT2D eigenvalue weighted by atomic mass is 9.89. The lowest BCUT2D eigenvalue weighted by Crippen LogP contribution is -2.45. The average molecular weight is 222 g/mol. The molecule has 0 aliphatic heterocycles. The zero-order valence-corrected chi connectivity index (χ0v) is 7.84. The van der Waals surface area contributed by atoms with E-state index in [0.717, 1.165) is 13.2 Å². The van der Waals surface area contributed by atoms with E-state index in [-0.39, 0.29) is 5.57 Å². The third kappa shape index (κ3) is 2.20. The number of halogens is 3. The lowest BCUT2D eigenvalue weighted by molar-refractivity contribution is -0.239. The Morgan fingerprint density at radius 3 is 2.67 bits per heavy atom. The standard InChI is InChI=1S/C9H9F3O3/c1-15-7(13)6-3-2-4-8(14,5-6)9(10,11)12/h2-4,14H,5H2,1H3. The van der Waals surface area contributed by atoms with Gasteiger partial charge in [-0.2, -0.15) is 13.2 Å². The van der Waals surface area contributed by atoms with Gasteiger partial charge in [-0.1, -0.05) is 12.2 Å². The number of alkyl halides is 3. The summed E-state index contributed by atoms with van der Waals surface area (Å²) < 4.78 is 41.4. The SMILES string of the molecule is COC(=O)C1=CC=CC(O)(C(F)(F)F)C1. The lowest BCUT2D eigenvalue weighted by Gasteiger charge is -2.29. The molecule has 0 amide bonds. The van der Waals surface area contributed by atoms with E-state index < -0.39 is 24.2 Å². The second-order valence-electron chi connectivity index (χ2n) is 3.14. The van der Waals surface area contributed by atoms with Crippen LogP contribution >= 0.6 is 0 Å². The van der Waals surface area contributed by atoms with Crippen LogP contribution in [0.2, 0.25) is 0 Å². The van der Waals surface area contributed by atoms with Crippen molar-refractivity contribution < 1.29 is 27.8 Å².